The van der Waals surface area contributed by atoms with Gasteiger partial charge in [-0.25, -0.2) is 4.39 Å². The lowest BCUT2D eigenvalue weighted by Crippen LogP contribution is -2.15. The van der Waals surface area contributed by atoms with Crippen molar-refractivity contribution in [2.45, 2.75) is 6.04 Å². The molecule has 3 N–H and O–H groups in total. The monoisotopic (exact) mass is 277 g/mol. The van der Waals surface area contributed by atoms with Gasteiger partial charge in [-0.2, -0.15) is 0 Å². The smallest absolute Gasteiger partial charge is 0.160 e. The third-order valence-electron chi connectivity index (χ3n) is 2.99. The normalized spacial score (nSPS) is 11.9. The molecule has 0 fully saturated rings. The Morgan fingerprint density at radius 1 is 1.25 bits per heavy atom. The van der Waals surface area contributed by atoms with Crippen molar-refractivity contribution in [3.05, 3.63) is 53.8 Å². The minimum absolute atomic E-state index is 0.0289. The van der Waals surface area contributed by atoms with E-state index in [4.69, 9.17) is 4.74 Å². The highest BCUT2D eigenvalue weighted by Gasteiger charge is 2.14. The Morgan fingerprint density at radius 3 is 2.60 bits per heavy atom. The highest BCUT2D eigenvalue weighted by molar-refractivity contribution is 5.49. The second-order valence-corrected chi connectivity index (χ2v) is 4.29. The van der Waals surface area contributed by atoms with Crippen molar-refractivity contribution in [3.63, 3.8) is 0 Å². The molecule has 1 unspecified atom stereocenters. The number of aliphatic hydroxyl groups excluding tert-OH is 1. The van der Waals surface area contributed by atoms with E-state index in [2.05, 4.69) is 5.32 Å². The maximum atomic E-state index is 13.6. The van der Waals surface area contributed by atoms with Crippen molar-refractivity contribution in [1.29, 1.82) is 0 Å². The van der Waals surface area contributed by atoms with Gasteiger partial charge in [0.05, 0.1) is 25.4 Å². The van der Waals surface area contributed by atoms with Gasteiger partial charge in [-0.05, 0) is 29.8 Å². The van der Waals surface area contributed by atoms with Crippen LogP contribution in [0.3, 0.4) is 0 Å². The summed E-state index contributed by atoms with van der Waals surface area (Å²) in [5, 5.41) is 22.1. The van der Waals surface area contributed by atoms with E-state index in [1.807, 2.05) is 0 Å². The molecular weight excluding hydrogens is 261 g/mol. The van der Waals surface area contributed by atoms with Gasteiger partial charge in [-0.1, -0.05) is 18.2 Å². The number of ether oxygens (including phenoxy) is 1. The molecule has 0 spiro atoms. The number of halogens is 1. The van der Waals surface area contributed by atoms with Crippen molar-refractivity contribution >= 4 is 5.69 Å². The number of hydrogen-bond acceptors (Lipinski definition) is 4. The summed E-state index contributed by atoms with van der Waals surface area (Å²) < 4.78 is 18.5. The lowest BCUT2D eigenvalue weighted by Gasteiger charge is -2.19. The van der Waals surface area contributed by atoms with Crippen LogP contribution >= 0.6 is 0 Å². The Labute approximate surface area is 116 Å². The fourth-order valence-corrected chi connectivity index (χ4v) is 1.92. The maximum Gasteiger partial charge on any atom is 0.160 e. The number of rotatable bonds is 5. The number of hydrogen-bond donors (Lipinski definition) is 3. The molecule has 0 aliphatic rings. The van der Waals surface area contributed by atoms with Gasteiger partial charge in [0, 0.05) is 0 Å². The van der Waals surface area contributed by atoms with Crippen LogP contribution in [0, 0.1) is 5.82 Å². The van der Waals surface area contributed by atoms with Gasteiger partial charge in [0.2, 0.25) is 0 Å². The Balaban J connectivity index is 2.24. The second kappa shape index (κ2) is 6.25. The average Bonchev–Trinajstić information content (AvgIpc) is 2.46. The zero-order valence-electron chi connectivity index (χ0n) is 11.0. The number of phenols is 1. The fourth-order valence-electron chi connectivity index (χ4n) is 1.92. The van der Waals surface area contributed by atoms with Crippen LogP contribution in [0.15, 0.2) is 42.5 Å². The highest BCUT2D eigenvalue weighted by atomic mass is 19.1. The molecule has 0 saturated heterocycles. The topological polar surface area (TPSA) is 61.7 Å². The predicted octanol–water partition coefficient (Wildman–Crippen LogP) is 2.69. The van der Waals surface area contributed by atoms with E-state index < -0.39 is 11.9 Å². The van der Waals surface area contributed by atoms with E-state index in [9.17, 15) is 14.6 Å². The van der Waals surface area contributed by atoms with Gasteiger partial charge in [0.15, 0.2) is 11.5 Å². The summed E-state index contributed by atoms with van der Waals surface area (Å²) in [6.45, 7) is -0.236. The molecule has 106 valence electrons. The van der Waals surface area contributed by atoms with Gasteiger partial charge in [0.25, 0.3) is 0 Å². The van der Waals surface area contributed by atoms with Crippen LogP contribution in [0.5, 0.6) is 11.5 Å². The maximum absolute atomic E-state index is 13.6. The summed E-state index contributed by atoms with van der Waals surface area (Å²) in [6.07, 6.45) is 0. The molecule has 0 aromatic heterocycles. The van der Waals surface area contributed by atoms with Gasteiger partial charge in [-0.15, -0.1) is 0 Å². The number of aromatic hydroxyl groups is 1. The number of methoxy groups -OCH3 is 1. The van der Waals surface area contributed by atoms with Crippen molar-refractivity contribution < 1.29 is 19.3 Å². The standard InChI is InChI=1S/C15H16FNO3/c1-20-15-7-6-10(8-14(15)19)13(9-18)17-12-5-3-2-4-11(12)16/h2-8,13,17-19H,9H2,1H3. The molecule has 4 nitrogen and oxygen atoms in total. The SMILES string of the molecule is COc1ccc(C(CO)Nc2ccccc2F)cc1O. The predicted molar refractivity (Wildman–Crippen MR) is 74.5 cm³/mol. The lowest BCUT2D eigenvalue weighted by molar-refractivity contribution is 0.275. The fraction of sp³-hybridized carbons (Fsp3) is 0.200. The number of benzene rings is 2. The summed E-state index contributed by atoms with van der Waals surface area (Å²) >= 11 is 0. The summed E-state index contributed by atoms with van der Waals surface area (Å²) in [5.41, 5.74) is 0.927. The first-order valence-electron chi connectivity index (χ1n) is 6.14. The number of anilines is 1. The third kappa shape index (κ3) is 3.00. The average molecular weight is 277 g/mol. The van der Waals surface area contributed by atoms with Gasteiger partial charge < -0.3 is 20.3 Å². The first-order valence-corrected chi connectivity index (χ1v) is 6.14. The third-order valence-corrected chi connectivity index (χ3v) is 2.99. The van der Waals surface area contributed by atoms with Crippen LogP contribution in [0.1, 0.15) is 11.6 Å². The van der Waals surface area contributed by atoms with Crippen LogP contribution in [0.4, 0.5) is 10.1 Å². The molecule has 1 atom stereocenters. The van der Waals surface area contributed by atoms with Crippen molar-refractivity contribution in [2.75, 3.05) is 19.0 Å². The molecule has 20 heavy (non-hydrogen) atoms. The summed E-state index contributed by atoms with van der Waals surface area (Å²) in [7, 11) is 1.45. The van der Waals surface area contributed by atoms with Gasteiger partial charge >= 0.3 is 0 Å². The van der Waals surface area contributed by atoms with Crippen LogP contribution < -0.4 is 10.1 Å². The Bertz CT molecular complexity index is 589. The molecule has 5 heteroatoms. The Morgan fingerprint density at radius 2 is 2.00 bits per heavy atom. The molecular formula is C15H16FNO3. The lowest BCUT2D eigenvalue weighted by atomic mass is 10.1. The molecule has 2 rings (SSSR count). The molecule has 0 bridgehead atoms. The summed E-state index contributed by atoms with van der Waals surface area (Å²) in [5.74, 6) is -0.0844. The number of aliphatic hydroxyl groups is 1. The molecule has 0 aliphatic heterocycles. The quantitative estimate of drug-likeness (QED) is 0.786. The molecule has 2 aromatic rings. The summed E-state index contributed by atoms with van der Waals surface area (Å²) in [4.78, 5) is 0. The Hall–Kier alpha value is -2.27. The van der Waals surface area contributed by atoms with Gasteiger partial charge in [0.1, 0.15) is 5.82 Å². The Kier molecular flexibility index (Phi) is 4.42. The van der Waals surface area contributed by atoms with Gasteiger partial charge in [-0.3, -0.25) is 0 Å². The van der Waals surface area contributed by atoms with Crippen LogP contribution in [0.2, 0.25) is 0 Å². The van der Waals surface area contributed by atoms with Crippen LogP contribution in [-0.2, 0) is 0 Å². The van der Waals surface area contributed by atoms with E-state index in [0.29, 0.717) is 17.0 Å². The minimum atomic E-state index is -0.524. The minimum Gasteiger partial charge on any atom is -0.504 e. The zero-order chi connectivity index (χ0) is 14.5. The van der Waals surface area contributed by atoms with Crippen LogP contribution in [-0.4, -0.2) is 23.9 Å². The number of nitrogens with one attached hydrogen (secondary N) is 1. The first-order chi connectivity index (χ1) is 9.65. The van der Waals surface area contributed by atoms with E-state index in [1.54, 1.807) is 30.3 Å². The summed E-state index contributed by atoms with van der Waals surface area (Å²) in [6, 6.07) is 10.5. The molecule has 0 radical (unpaired) electrons. The number of phenolic OH excluding ortho intramolecular Hbond substituents is 1. The second-order valence-electron chi connectivity index (χ2n) is 4.29. The number of para-hydroxylation sites is 1. The van der Waals surface area contributed by atoms with Crippen molar-refractivity contribution in [1.82, 2.24) is 0 Å². The molecule has 0 heterocycles. The first kappa shape index (κ1) is 14.1. The largest absolute Gasteiger partial charge is 0.504 e. The molecule has 0 saturated carbocycles. The highest BCUT2D eigenvalue weighted by Crippen LogP contribution is 2.30. The molecule has 0 amide bonds. The van der Waals surface area contributed by atoms with E-state index in [1.165, 1.54) is 19.2 Å². The molecule has 2 aromatic carbocycles. The van der Waals surface area contributed by atoms with Crippen molar-refractivity contribution in [2.24, 2.45) is 0 Å². The van der Waals surface area contributed by atoms with Crippen LogP contribution in [0.25, 0.3) is 0 Å². The van der Waals surface area contributed by atoms with Crippen molar-refractivity contribution in [3.8, 4) is 11.5 Å². The van der Waals surface area contributed by atoms with E-state index in [-0.39, 0.29) is 12.4 Å². The van der Waals surface area contributed by atoms with E-state index in [0.717, 1.165) is 0 Å². The van der Waals surface area contributed by atoms with E-state index >= 15 is 0 Å². The zero-order valence-corrected chi connectivity index (χ0v) is 11.0. The molecule has 0 aliphatic carbocycles.